The van der Waals surface area contributed by atoms with E-state index in [1.54, 1.807) is 0 Å². The fraction of sp³-hybridized carbons (Fsp3) is 0. The summed E-state index contributed by atoms with van der Waals surface area (Å²) in [6.07, 6.45) is 0. The van der Waals surface area contributed by atoms with Crippen LogP contribution in [-0.4, -0.2) is 26.8 Å². The number of rotatable bonds is 0. The zero-order chi connectivity index (χ0) is 4.50. The Kier molecular flexibility index (Phi) is 147. The number of hydrogen-bond donors (Lipinski definition) is 3. The minimum atomic E-state index is -5.12. The standard InChI is InChI=1S/AsH3O4.6FH/c2-1(3,4)5;;;;;;/h(H3,2,3,4,5);6*1H. The van der Waals surface area contributed by atoms with E-state index in [1.165, 1.54) is 0 Å². The minimum absolute atomic E-state index is 0. The van der Waals surface area contributed by atoms with Gasteiger partial charge in [-0.25, -0.2) is 0 Å². The molecule has 0 aliphatic carbocycles. The Labute approximate surface area is 59.8 Å². The third-order valence-electron chi connectivity index (χ3n) is 0. The molecule has 0 unspecified atom stereocenters. The first-order valence-corrected chi connectivity index (χ1v) is 4.07. The van der Waals surface area contributed by atoms with E-state index in [4.69, 9.17) is 16.0 Å². The Balaban J connectivity index is -0.00000000533. The fourth-order valence-corrected chi connectivity index (χ4v) is 0. The Hall–Kier alpha value is -0.182. The topological polar surface area (TPSA) is 77.8 Å². The molecule has 11 heteroatoms. The van der Waals surface area contributed by atoms with Gasteiger partial charge in [-0.2, -0.15) is 0 Å². The zero-order valence-electron chi connectivity index (χ0n) is 4.65. The van der Waals surface area contributed by atoms with Gasteiger partial charge in [-0.3, -0.25) is 28.2 Å². The van der Waals surface area contributed by atoms with Crippen LogP contribution in [0.3, 0.4) is 0 Å². The van der Waals surface area contributed by atoms with Gasteiger partial charge in [0.05, 0.1) is 0 Å². The van der Waals surface area contributed by atoms with Gasteiger partial charge in [-0.15, -0.1) is 0 Å². The maximum absolute atomic E-state index is 8.94. The van der Waals surface area contributed by atoms with Crippen LogP contribution in [0, 0.1) is 0 Å². The summed E-state index contributed by atoms with van der Waals surface area (Å²) in [6.45, 7) is 0. The molecule has 0 aromatic rings. The van der Waals surface area contributed by atoms with Crippen LogP contribution in [0.2, 0.25) is 0 Å². The number of halogens is 6. The van der Waals surface area contributed by atoms with Crippen molar-refractivity contribution in [1.82, 2.24) is 0 Å². The van der Waals surface area contributed by atoms with E-state index < -0.39 is 14.5 Å². The molecule has 0 aliphatic rings. The van der Waals surface area contributed by atoms with E-state index >= 15 is 0 Å². The predicted octanol–water partition coefficient (Wildman–Crippen LogP) is -1.26. The molecule has 0 atom stereocenters. The summed E-state index contributed by atoms with van der Waals surface area (Å²) in [6, 6.07) is 0. The molecule has 0 fully saturated rings. The van der Waals surface area contributed by atoms with Crippen molar-refractivity contribution in [2.24, 2.45) is 0 Å². The van der Waals surface area contributed by atoms with Crippen molar-refractivity contribution >= 4 is 14.5 Å². The summed E-state index contributed by atoms with van der Waals surface area (Å²) < 4.78 is 30.7. The van der Waals surface area contributed by atoms with Gasteiger partial charge >= 0.3 is 30.5 Å². The average Bonchev–Trinajstić information content (AvgIpc) is 0.722. The summed E-state index contributed by atoms with van der Waals surface area (Å²) in [4.78, 5) is 0. The van der Waals surface area contributed by atoms with Crippen molar-refractivity contribution in [3.05, 3.63) is 0 Å². The molecule has 3 N–H and O–H groups in total. The maximum atomic E-state index is 8.94. The van der Waals surface area contributed by atoms with E-state index in [0.29, 0.717) is 0 Å². The van der Waals surface area contributed by atoms with Gasteiger partial charge in [-0.1, -0.05) is 0 Å². The molecule has 0 amide bonds. The van der Waals surface area contributed by atoms with Crippen LogP contribution in [0.4, 0.5) is 28.2 Å². The first-order chi connectivity index (χ1) is 2.00. The van der Waals surface area contributed by atoms with Gasteiger partial charge in [0.25, 0.3) is 0 Å². The summed E-state index contributed by atoms with van der Waals surface area (Å²) in [7, 11) is 0. The summed E-state index contributed by atoms with van der Waals surface area (Å²) >= 11 is -5.12. The van der Waals surface area contributed by atoms with Crippen LogP contribution in [-0.2, 0) is 3.74 Å². The Morgan fingerprint density at radius 2 is 0.636 bits per heavy atom. The molecule has 0 heterocycles. The molecule has 0 aromatic carbocycles. The molecule has 4 nitrogen and oxygen atoms in total. The second kappa shape index (κ2) is 22.6. The van der Waals surface area contributed by atoms with E-state index in [9.17, 15) is 0 Å². The number of hydrogen-bond acceptors (Lipinski definition) is 1. The van der Waals surface area contributed by atoms with Crippen molar-refractivity contribution < 1.29 is 44.3 Å². The summed E-state index contributed by atoms with van der Waals surface area (Å²) in [5.41, 5.74) is 0. The van der Waals surface area contributed by atoms with Gasteiger partial charge < -0.3 is 0 Å². The second-order valence-corrected chi connectivity index (χ2v) is 2.67. The molecule has 0 spiro atoms. The van der Waals surface area contributed by atoms with Gasteiger partial charge in [0.1, 0.15) is 0 Å². The molecular weight excluding hydrogens is 253 g/mol. The monoisotopic (exact) mass is 262 g/mol. The first kappa shape index (κ1) is 71.5. The first-order valence-electron chi connectivity index (χ1n) is 0.783. The quantitative estimate of drug-likeness (QED) is 0.376. The van der Waals surface area contributed by atoms with Crippen molar-refractivity contribution in [1.29, 1.82) is 0 Å². The normalized spacial score (nSPS) is 5.36. The average molecular weight is 262 g/mol. The second-order valence-electron chi connectivity index (χ2n) is 0.513. The molecule has 0 saturated heterocycles. The van der Waals surface area contributed by atoms with Crippen molar-refractivity contribution in [3.63, 3.8) is 0 Å². The van der Waals surface area contributed by atoms with Crippen LogP contribution in [0.1, 0.15) is 0 Å². The fourth-order valence-electron chi connectivity index (χ4n) is 0. The molecule has 80 valence electrons. The van der Waals surface area contributed by atoms with E-state index in [-0.39, 0.29) is 28.2 Å². The van der Waals surface area contributed by atoms with Gasteiger partial charge in [0, 0.05) is 0 Å². The van der Waals surface area contributed by atoms with E-state index in [0.717, 1.165) is 0 Å². The molecular formula is H9AsF6O4. The Morgan fingerprint density at radius 3 is 0.636 bits per heavy atom. The van der Waals surface area contributed by atoms with Crippen LogP contribution in [0.15, 0.2) is 0 Å². The molecule has 0 rings (SSSR count). The molecule has 0 saturated carbocycles. The summed E-state index contributed by atoms with van der Waals surface area (Å²) in [5.74, 6) is 0. The molecule has 0 aromatic heterocycles. The molecule has 0 bridgehead atoms. The van der Waals surface area contributed by atoms with Gasteiger partial charge in [0.2, 0.25) is 0 Å². The molecule has 11 heavy (non-hydrogen) atoms. The van der Waals surface area contributed by atoms with E-state index in [1.807, 2.05) is 0 Å². The van der Waals surface area contributed by atoms with Crippen molar-refractivity contribution in [2.45, 2.75) is 0 Å². The Bertz CT molecular complexity index is 60.7. The van der Waals surface area contributed by atoms with Gasteiger partial charge in [-0.05, 0) is 0 Å². The summed E-state index contributed by atoms with van der Waals surface area (Å²) in [5, 5.41) is 0. The van der Waals surface area contributed by atoms with Crippen molar-refractivity contribution in [3.8, 4) is 0 Å². The van der Waals surface area contributed by atoms with Crippen LogP contribution in [0.5, 0.6) is 0 Å². The van der Waals surface area contributed by atoms with Crippen LogP contribution in [0.25, 0.3) is 0 Å². The molecule has 0 radical (unpaired) electrons. The molecule has 0 aliphatic heterocycles. The van der Waals surface area contributed by atoms with Crippen molar-refractivity contribution in [2.75, 3.05) is 0 Å². The van der Waals surface area contributed by atoms with Crippen LogP contribution < -0.4 is 0 Å². The predicted molar refractivity (Wildman–Crippen MR) is 28.1 cm³/mol. The SMILES string of the molecule is F.F.F.F.F.F.O=[As](O)(O)O. The Morgan fingerprint density at radius 1 is 0.636 bits per heavy atom. The van der Waals surface area contributed by atoms with Crippen LogP contribution >= 0.6 is 0 Å². The third-order valence-corrected chi connectivity index (χ3v) is 0. The van der Waals surface area contributed by atoms with E-state index in [2.05, 4.69) is 0 Å². The van der Waals surface area contributed by atoms with Gasteiger partial charge in [0.15, 0.2) is 0 Å². The zero-order valence-corrected chi connectivity index (χ0v) is 6.52. The third kappa shape index (κ3) is 18200.